The molecule has 1 aliphatic rings. The summed E-state index contributed by atoms with van der Waals surface area (Å²) in [5.41, 5.74) is 1.11. The van der Waals surface area contributed by atoms with Crippen molar-refractivity contribution >= 4 is 29.9 Å². The van der Waals surface area contributed by atoms with Crippen LogP contribution in [0.1, 0.15) is 52.1 Å². The molecule has 2 rings (SSSR count). The van der Waals surface area contributed by atoms with Crippen molar-refractivity contribution in [3.05, 3.63) is 30.1 Å². The van der Waals surface area contributed by atoms with Crippen LogP contribution in [0.15, 0.2) is 29.4 Å². The minimum absolute atomic E-state index is 0. The van der Waals surface area contributed by atoms with Gasteiger partial charge in [-0.2, -0.15) is 0 Å². The Morgan fingerprint density at radius 3 is 2.48 bits per heavy atom. The molecule has 0 saturated carbocycles. The molecule has 0 aromatic carbocycles. The molecule has 1 fully saturated rings. The van der Waals surface area contributed by atoms with Gasteiger partial charge >= 0.3 is 0 Å². The Balaban J connectivity index is 0.00000364. The molecule has 0 aliphatic carbocycles. The largest absolute Gasteiger partial charge is 0.357 e. The molecule has 6 heteroatoms. The van der Waals surface area contributed by atoms with E-state index in [0.717, 1.165) is 43.6 Å². The van der Waals surface area contributed by atoms with Crippen LogP contribution in [0.3, 0.4) is 0 Å². The third-order valence-electron chi connectivity index (χ3n) is 5.38. The van der Waals surface area contributed by atoms with Crippen LogP contribution in [0.5, 0.6) is 0 Å². The first kappa shape index (κ1) is 24.1. The van der Waals surface area contributed by atoms with Gasteiger partial charge in [-0.05, 0) is 50.9 Å². The van der Waals surface area contributed by atoms with Crippen LogP contribution in [0.4, 0.5) is 0 Å². The molecular formula is C21H38IN5. The number of guanidine groups is 1. The second kappa shape index (κ2) is 14.2. The molecule has 0 radical (unpaired) electrons. The van der Waals surface area contributed by atoms with Gasteiger partial charge in [0.25, 0.3) is 0 Å². The summed E-state index contributed by atoms with van der Waals surface area (Å²) in [4.78, 5) is 12.0. The lowest BCUT2D eigenvalue weighted by Crippen LogP contribution is -2.43. The molecule has 1 atom stereocenters. The number of likely N-dealkylation sites (tertiary alicyclic amines) is 1. The van der Waals surface area contributed by atoms with E-state index in [0.29, 0.717) is 6.04 Å². The van der Waals surface area contributed by atoms with Gasteiger partial charge in [-0.1, -0.05) is 32.8 Å². The van der Waals surface area contributed by atoms with Crippen molar-refractivity contribution in [1.29, 1.82) is 0 Å². The highest BCUT2D eigenvalue weighted by atomic mass is 127. The molecule has 1 saturated heterocycles. The Morgan fingerprint density at radius 1 is 1.15 bits per heavy atom. The predicted molar refractivity (Wildman–Crippen MR) is 126 cm³/mol. The molecule has 0 spiro atoms. The summed E-state index contributed by atoms with van der Waals surface area (Å²) in [5, 5.41) is 6.86. The zero-order valence-electron chi connectivity index (χ0n) is 17.3. The van der Waals surface area contributed by atoms with E-state index in [1.54, 1.807) is 0 Å². The maximum absolute atomic E-state index is 4.94. The zero-order valence-corrected chi connectivity index (χ0v) is 19.6. The summed E-state index contributed by atoms with van der Waals surface area (Å²) in [7, 11) is 0. The number of aliphatic imine (C=N–C) groups is 1. The fourth-order valence-corrected chi connectivity index (χ4v) is 3.85. The monoisotopic (exact) mass is 487 g/mol. The molecule has 5 nitrogen and oxygen atoms in total. The minimum atomic E-state index is 0. The van der Waals surface area contributed by atoms with E-state index in [-0.39, 0.29) is 24.0 Å². The number of halogens is 1. The number of pyridine rings is 1. The second-order valence-corrected chi connectivity index (χ2v) is 7.10. The summed E-state index contributed by atoms with van der Waals surface area (Å²) in [6.07, 6.45) is 7.90. The van der Waals surface area contributed by atoms with Gasteiger partial charge in [0, 0.05) is 37.4 Å². The maximum Gasteiger partial charge on any atom is 0.191 e. The van der Waals surface area contributed by atoms with Gasteiger partial charge in [0.05, 0.1) is 6.54 Å². The molecule has 2 heterocycles. The van der Waals surface area contributed by atoms with Gasteiger partial charge in [-0.15, -0.1) is 24.0 Å². The second-order valence-electron chi connectivity index (χ2n) is 7.10. The number of nitrogens with one attached hydrogen (secondary N) is 2. The number of rotatable bonds is 10. The topological polar surface area (TPSA) is 52.6 Å². The summed E-state index contributed by atoms with van der Waals surface area (Å²) >= 11 is 0. The van der Waals surface area contributed by atoms with E-state index in [9.17, 15) is 0 Å². The van der Waals surface area contributed by atoms with Crippen LogP contribution in [-0.2, 0) is 6.42 Å². The lowest BCUT2D eigenvalue weighted by atomic mass is 9.93. The zero-order chi connectivity index (χ0) is 18.6. The van der Waals surface area contributed by atoms with Crippen molar-refractivity contribution < 1.29 is 0 Å². The molecule has 1 aromatic heterocycles. The molecule has 27 heavy (non-hydrogen) atoms. The first-order chi connectivity index (χ1) is 12.8. The molecule has 154 valence electrons. The maximum atomic E-state index is 4.94. The SMILES string of the molecule is CCNC(=NCC(C(CC)CC)N1CCCC1)NCCc1ccccn1.I. The molecular weight excluding hydrogens is 449 g/mol. The first-order valence-electron chi connectivity index (χ1n) is 10.4. The Morgan fingerprint density at radius 2 is 1.89 bits per heavy atom. The Bertz CT molecular complexity index is 511. The third-order valence-corrected chi connectivity index (χ3v) is 5.38. The number of aromatic nitrogens is 1. The Hall–Kier alpha value is -0.890. The van der Waals surface area contributed by atoms with Crippen molar-refractivity contribution in [3.63, 3.8) is 0 Å². The molecule has 2 N–H and O–H groups in total. The van der Waals surface area contributed by atoms with Gasteiger partial charge in [-0.25, -0.2) is 0 Å². The van der Waals surface area contributed by atoms with Gasteiger partial charge < -0.3 is 10.6 Å². The minimum Gasteiger partial charge on any atom is -0.357 e. The fourth-order valence-electron chi connectivity index (χ4n) is 3.85. The van der Waals surface area contributed by atoms with Gasteiger partial charge in [0.15, 0.2) is 5.96 Å². The van der Waals surface area contributed by atoms with E-state index in [4.69, 9.17) is 4.99 Å². The van der Waals surface area contributed by atoms with E-state index in [1.807, 2.05) is 18.3 Å². The van der Waals surface area contributed by atoms with Gasteiger partial charge in [0.1, 0.15) is 0 Å². The van der Waals surface area contributed by atoms with E-state index >= 15 is 0 Å². The molecule has 0 amide bonds. The number of hydrogen-bond donors (Lipinski definition) is 2. The van der Waals surface area contributed by atoms with Crippen molar-refractivity contribution in [3.8, 4) is 0 Å². The molecule has 1 unspecified atom stereocenters. The number of hydrogen-bond acceptors (Lipinski definition) is 3. The Labute approximate surface area is 182 Å². The van der Waals surface area contributed by atoms with Crippen LogP contribution in [0.25, 0.3) is 0 Å². The number of nitrogens with zero attached hydrogens (tertiary/aromatic N) is 3. The normalized spacial score (nSPS) is 16.2. The van der Waals surface area contributed by atoms with Crippen LogP contribution < -0.4 is 10.6 Å². The highest BCUT2D eigenvalue weighted by Gasteiger charge is 2.27. The van der Waals surface area contributed by atoms with Crippen molar-refractivity contribution in [2.75, 3.05) is 32.7 Å². The molecule has 1 aliphatic heterocycles. The summed E-state index contributed by atoms with van der Waals surface area (Å²) in [6.45, 7) is 11.8. The van der Waals surface area contributed by atoms with Crippen LogP contribution in [0, 0.1) is 5.92 Å². The van der Waals surface area contributed by atoms with E-state index in [1.165, 1.54) is 38.8 Å². The highest BCUT2D eigenvalue weighted by Crippen LogP contribution is 2.23. The summed E-state index contributed by atoms with van der Waals surface area (Å²) in [5.74, 6) is 1.66. The highest BCUT2D eigenvalue weighted by molar-refractivity contribution is 14.0. The van der Waals surface area contributed by atoms with Crippen molar-refractivity contribution in [2.24, 2.45) is 10.9 Å². The van der Waals surface area contributed by atoms with Gasteiger partial charge in [0.2, 0.25) is 0 Å². The van der Waals surface area contributed by atoms with E-state index < -0.39 is 0 Å². The quantitative estimate of drug-likeness (QED) is 0.300. The summed E-state index contributed by atoms with van der Waals surface area (Å²) in [6, 6.07) is 6.64. The molecule has 0 bridgehead atoms. The van der Waals surface area contributed by atoms with Crippen molar-refractivity contribution in [1.82, 2.24) is 20.5 Å². The van der Waals surface area contributed by atoms with E-state index in [2.05, 4.69) is 47.4 Å². The fraction of sp³-hybridized carbons (Fsp3) is 0.714. The molecule has 1 aromatic rings. The van der Waals surface area contributed by atoms with Gasteiger partial charge in [-0.3, -0.25) is 14.9 Å². The lowest BCUT2D eigenvalue weighted by molar-refractivity contribution is 0.172. The van der Waals surface area contributed by atoms with Crippen LogP contribution >= 0.6 is 24.0 Å². The summed E-state index contributed by atoms with van der Waals surface area (Å²) < 4.78 is 0. The lowest BCUT2D eigenvalue weighted by Gasteiger charge is -2.32. The van der Waals surface area contributed by atoms with Crippen LogP contribution in [-0.4, -0.2) is 54.6 Å². The average Bonchev–Trinajstić information content (AvgIpc) is 3.20. The van der Waals surface area contributed by atoms with Crippen LogP contribution in [0.2, 0.25) is 0 Å². The average molecular weight is 487 g/mol. The smallest absolute Gasteiger partial charge is 0.191 e. The predicted octanol–water partition coefficient (Wildman–Crippen LogP) is 3.70. The third kappa shape index (κ3) is 8.34. The Kier molecular flexibility index (Phi) is 12.7. The van der Waals surface area contributed by atoms with Crippen molar-refractivity contribution in [2.45, 2.75) is 58.9 Å². The first-order valence-corrected chi connectivity index (χ1v) is 10.4. The standard InChI is InChI=1S/C21H37N5.HI/c1-4-18(5-2)20(26-15-9-10-16-26)17-25-21(22-6-3)24-14-12-19-11-7-8-13-23-19;/h7-8,11,13,18,20H,4-6,9-10,12,14-17H2,1-3H3,(H2,22,24,25);1H.